The molecule has 3 nitrogen and oxygen atoms in total. The molecule has 0 amide bonds. The molecule has 0 saturated heterocycles. The summed E-state index contributed by atoms with van der Waals surface area (Å²) in [5.41, 5.74) is 2.17. The Balaban J connectivity index is 2.22. The van der Waals surface area contributed by atoms with Gasteiger partial charge in [-0.2, -0.15) is 0 Å². The molecule has 0 aliphatic carbocycles. The number of carboxylic acids is 1. The minimum absolute atomic E-state index is 0.153. The molecular formula is C16H10ClNO2. The Labute approximate surface area is 120 Å². The van der Waals surface area contributed by atoms with Crippen LogP contribution in [0.25, 0.3) is 22.2 Å². The lowest BCUT2D eigenvalue weighted by Gasteiger charge is -2.07. The Morgan fingerprint density at radius 1 is 1.05 bits per heavy atom. The molecule has 0 aliphatic rings. The fraction of sp³-hybridized carbons (Fsp3) is 0. The van der Waals surface area contributed by atoms with Gasteiger partial charge < -0.3 is 5.11 Å². The van der Waals surface area contributed by atoms with Crippen molar-refractivity contribution in [3.63, 3.8) is 0 Å². The number of fused-ring (bicyclic) bond motifs is 1. The summed E-state index contributed by atoms with van der Waals surface area (Å²) >= 11 is 5.86. The first-order valence-corrected chi connectivity index (χ1v) is 6.42. The van der Waals surface area contributed by atoms with Gasteiger partial charge in [0.15, 0.2) is 0 Å². The Bertz CT molecular complexity index is 814. The fourth-order valence-corrected chi connectivity index (χ4v) is 2.30. The monoisotopic (exact) mass is 283 g/mol. The van der Waals surface area contributed by atoms with E-state index in [0.717, 1.165) is 10.9 Å². The zero-order valence-electron chi connectivity index (χ0n) is 10.4. The van der Waals surface area contributed by atoms with Gasteiger partial charge in [0.2, 0.25) is 0 Å². The quantitative estimate of drug-likeness (QED) is 0.765. The molecule has 0 atom stereocenters. The van der Waals surface area contributed by atoms with Gasteiger partial charge in [0, 0.05) is 16.0 Å². The van der Waals surface area contributed by atoms with Crippen LogP contribution in [0.1, 0.15) is 10.4 Å². The number of hydrogen-bond donors (Lipinski definition) is 1. The second-order valence-electron chi connectivity index (χ2n) is 4.38. The first kappa shape index (κ1) is 12.6. The molecule has 0 radical (unpaired) electrons. The highest BCUT2D eigenvalue weighted by molar-refractivity contribution is 6.31. The largest absolute Gasteiger partial charge is 0.478 e. The van der Waals surface area contributed by atoms with Crippen molar-refractivity contribution in [3.8, 4) is 11.3 Å². The van der Waals surface area contributed by atoms with E-state index in [-0.39, 0.29) is 5.56 Å². The highest BCUT2D eigenvalue weighted by Crippen LogP contribution is 2.26. The number of carbonyl (C=O) groups is 1. The zero-order chi connectivity index (χ0) is 14.1. The average molecular weight is 284 g/mol. The van der Waals surface area contributed by atoms with Crippen LogP contribution in [-0.2, 0) is 0 Å². The molecule has 3 aromatic rings. The number of halogens is 1. The van der Waals surface area contributed by atoms with E-state index in [1.165, 1.54) is 6.07 Å². The summed E-state index contributed by atoms with van der Waals surface area (Å²) in [6.45, 7) is 0. The second kappa shape index (κ2) is 4.94. The maximum absolute atomic E-state index is 11.3. The minimum atomic E-state index is -1.02. The number of pyridine rings is 1. The van der Waals surface area contributed by atoms with Crippen molar-refractivity contribution < 1.29 is 9.90 Å². The van der Waals surface area contributed by atoms with Crippen LogP contribution in [0.2, 0.25) is 5.02 Å². The molecule has 0 saturated carbocycles. The smallest absolute Gasteiger partial charge is 0.336 e. The van der Waals surface area contributed by atoms with Crippen LogP contribution in [-0.4, -0.2) is 16.1 Å². The zero-order valence-corrected chi connectivity index (χ0v) is 11.1. The second-order valence-corrected chi connectivity index (χ2v) is 4.82. The third kappa shape index (κ3) is 2.24. The first-order valence-electron chi connectivity index (χ1n) is 6.04. The van der Waals surface area contributed by atoms with Crippen LogP contribution in [0.4, 0.5) is 0 Å². The maximum atomic E-state index is 11.3. The number of benzene rings is 2. The van der Waals surface area contributed by atoms with Crippen LogP contribution in [0.3, 0.4) is 0 Å². The predicted molar refractivity (Wildman–Crippen MR) is 79.1 cm³/mol. The Hall–Kier alpha value is -2.39. The van der Waals surface area contributed by atoms with Gasteiger partial charge in [-0.05, 0) is 24.3 Å². The van der Waals surface area contributed by atoms with Crippen molar-refractivity contribution in [1.29, 1.82) is 0 Å². The average Bonchev–Trinajstić information content (AvgIpc) is 2.46. The minimum Gasteiger partial charge on any atom is -0.478 e. The van der Waals surface area contributed by atoms with Gasteiger partial charge >= 0.3 is 5.97 Å². The molecule has 0 aliphatic heterocycles. The Kier molecular flexibility index (Phi) is 3.12. The van der Waals surface area contributed by atoms with Gasteiger partial charge in [-0.15, -0.1) is 0 Å². The molecule has 98 valence electrons. The summed E-state index contributed by atoms with van der Waals surface area (Å²) in [5.74, 6) is -1.02. The van der Waals surface area contributed by atoms with Gasteiger partial charge in [-0.25, -0.2) is 9.78 Å². The molecule has 1 N–H and O–H groups in total. The third-order valence-corrected chi connectivity index (χ3v) is 3.32. The van der Waals surface area contributed by atoms with Crippen molar-refractivity contribution in [2.24, 2.45) is 0 Å². The van der Waals surface area contributed by atoms with Crippen molar-refractivity contribution in [3.05, 3.63) is 65.2 Å². The predicted octanol–water partition coefficient (Wildman–Crippen LogP) is 4.25. The number of nitrogens with zero attached hydrogens (tertiary/aromatic N) is 1. The molecular weight excluding hydrogens is 274 g/mol. The molecule has 3 rings (SSSR count). The van der Waals surface area contributed by atoms with E-state index in [1.54, 1.807) is 12.1 Å². The number of hydrogen-bond acceptors (Lipinski definition) is 2. The molecule has 20 heavy (non-hydrogen) atoms. The fourth-order valence-electron chi connectivity index (χ4n) is 2.13. The molecule has 2 aromatic carbocycles. The lowest BCUT2D eigenvalue weighted by molar-refractivity contribution is 0.0697. The summed E-state index contributed by atoms with van der Waals surface area (Å²) in [7, 11) is 0. The van der Waals surface area contributed by atoms with Gasteiger partial charge in [0.25, 0.3) is 0 Å². The van der Waals surface area contributed by atoms with E-state index in [2.05, 4.69) is 4.98 Å². The van der Waals surface area contributed by atoms with Crippen molar-refractivity contribution in [1.82, 2.24) is 4.98 Å². The van der Waals surface area contributed by atoms with Crippen LogP contribution >= 0.6 is 11.6 Å². The molecule has 0 spiro atoms. The number of carboxylic acid groups (broad SMARTS) is 1. The SMILES string of the molecule is O=C(O)c1cc(Cl)ccc1-c1ccc2ccccc2n1. The summed E-state index contributed by atoms with van der Waals surface area (Å²) in [6.07, 6.45) is 0. The van der Waals surface area contributed by atoms with Crippen LogP contribution in [0.15, 0.2) is 54.6 Å². The number of para-hydroxylation sites is 1. The lowest BCUT2D eigenvalue weighted by Crippen LogP contribution is -2.00. The van der Waals surface area contributed by atoms with E-state index in [0.29, 0.717) is 16.3 Å². The first-order chi connectivity index (χ1) is 9.65. The van der Waals surface area contributed by atoms with Gasteiger partial charge in [-0.3, -0.25) is 0 Å². The summed E-state index contributed by atoms with van der Waals surface area (Å²) < 4.78 is 0. The molecule has 0 unspecified atom stereocenters. The summed E-state index contributed by atoms with van der Waals surface area (Å²) in [5, 5.41) is 10.7. The Morgan fingerprint density at radius 3 is 2.65 bits per heavy atom. The standard InChI is InChI=1S/C16H10ClNO2/c17-11-6-7-12(13(9-11)16(19)20)15-8-5-10-3-1-2-4-14(10)18-15/h1-9H,(H,19,20). The van der Waals surface area contributed by atoms with E-state index < -0.39 is 5.97 Å². The van der Waals surface area contributed by atoms with E-state index in [9.17, 15) is 9.90 Å². The highest BCUT2D eigenvalue weighted by Gasteiger charge is 2.13. The topological polar surface area (TPSA) is 50.2 Å². The normalized spacial score (nSPS) is 10.7. The maximum Gasteiger partial charge on any atom is 0.336 e. The molecule has 4 heteroatoms. The molecule has 1 heterocycles. The van der Waals surface area contributed by atoms with E-state index in [4.69, 9.17) is 11.6 Å². The van der Waals surface area contributed by atoms with Gasteiger partial charge in [0.1, 0.15) is 0 Å². The Morgan fingerprint density at radius 2 is 1.85 bits per heavy atom. The summed E-state index contributed by atoms with van der Waals surface area (Å²) in [4.78, 5) is 15.8. The van der Waals surface area contributed by atoms with Gasteiger partial charge in [-0.1, -0.05) is 41.9 Å². The number of rotatable bonds is 2. The van der Waals surface area contributed by atoms with E-state index >= 15 is 0 Å². The third-order valence-electron chi connectivity index (χ3n) is 3.09. The van der Waals surface area contributed by atoms with Crippen molar-refractivity contribution in [2.75, 3.05) is 0 Å². The van der Waals surface area contributed by atoms with Crippen molar-refractivity contribution >= 4 is 28.5 Å². The number of aromatic nitrogens is 1. The van der Waals surface area contributed by atoms with E-state index in [1.807, 2.05) is 36.4 Å². The summed E-state index contributed by atoms with van der Waals surface area (Å²) in [6, 6.07) is 16.2. The van der Waals surface area contributed by atoms with Crippen LogP contribution in [0, 0.1) is 0 Å². The molecule has 0 fully saturated rings. The molecule has 0 bridgehead atoms. The van der Waals surface area contributed by atoms with Crippen LogP contribution < -0.4 is 0 Å². The lowest BCUT2D eigenvalue weighted by atomic mass is 10.0. The van der Waals surface area contributed by atoms with Crippen molar-refractivity contribution in [2.45, 2.75) is 0 Å². The highest BCUT2D eigenvalue weighted by atomic mass is 35.5. The molecule has 1 aromatic heterocycles. The number of aromatic carboxylic acids is 1. The van der Waals surface area contributed by atoms with Gasteiger partial charge in [0.05, 0.1) is 16.8 Å². The van der Waals surface area contributed by atoms with Crippen LogP contribution in [0.5, 0.6) is 0 Å².